The van der Waals surface area contributed by atoms with Crippen LogP contribution in [0, 0.1) is 5.92 Å². The minimum atomic E-state index is -3.79. The molecule has 184 valence electrons. The molecule has 33 heavy (non-hydrogen) atoms. The van der Waals surface area contributed by atoms with Gasteiger partial charge in [-0.2, -0.15) is 4.31 Å². The molecule has 0 bridgehead atoms. The number of carbonyl (C=O) groups is 2. The second-order valence-corrected chi connectivity index (χ2v) is 9.99. The number of methoxy groups -OCH3 is 1. The molecule has 0 radical (unpaired) electrons. The number of anilines is 1. The fourth-order valence-corrected chi connectivity index (χ4v) is 5.74. The number of piperidine rings is 1. The summed E-state index contributed by atoms with van der Waals surface area (Å²) in [5, 5.41) is 2.85. The SMILES string of the molecule is CCN(CC)C(=O)N1CCC(C(=O)Nc2ccc(OC)c(S(=O)(=O)N3CCOCC3)c2)CC1. The average molecular weight is 483 g/mol. The first-order chi connectivity index (χ1) is 15.8. The molecule has 1 N–H and O–H groups in total. The van der Waals surface area contributed by atoms with Crippen molar-refractivity contribution in [3.63, 3.8) is 0 Å². The molecule has 2 aliphatic rings. The lowest BCUT2D eigenvalue weighted by atomic mass is 9.96. The molecule has 0 aromatic heterocycles. The lowest BCUT2D eigenvalue weighted by Crippen LogP contribution is -2.47. The molecule has 0 aliphatic carbocycles. The first-order valence-electron chi connectivity index (χ1n) is 11.4. The van der Waals surface area contributed by atoms with E-state index in [2.05, 4.69) is 5.32 Å². The predicted octanol–water partition coefficient (Wildman–Crippen LogP) is 1.83. The second kappa shape index (κ2) is 11.2. The summed E-state index contributed by atoms with van der Waals surface area (Å²) >= 11 is 0. The van der Waals surface area contributed by atoms with E-state index in [1.807, 2.05) is 13.8 Å². The quantitative estimate of drug-likeness (QED) is 0.635. The summed E-state index contributed by atoms with van der Waals surface area (Å²) in [7, 11) is -2.37. The molecule has 1 aromatic rings. The number of benzene rings is 1. The Kier molecular flexibility index (Phi) is 8.55. The van der Waals surface area contributed by atoms with Gasteiger partial charge in [0.2, 0.25) is 15.9 Å². The van der Waals surface area contributed by atoms with E-state index in [1.165, 1.54) is 17.5 Å². The van der Waals surface area contributed by atoms with Gasteiger partial charge in [0.15, 0.2) is 0 Å². The molecule has 0 unspecified atom stereocenters. The van der Waals surface area contributed by atoms with Gasteiger partial charge in [-0.05, 0) is 44.9 Å². The van der Waals surface area contributed by atoms with E-state index < -0.39 is 10.0 Å². The number of nitrogens with zero attached hydrogens (tertiary/aromatic N) is 3. The van der Waals surface area contributed by atoms with Gasteiger partial charge in [0.1, 0.15) is 10.6 Å². The van der Waals surface area contributed by atoms with Crippen molar-refractivity contribution in [3.8, 4) is 5.75 Å². The number of likely N-dealkylation sites (tertiary alicyclic amines) is 1. The Labute approximate surface area is 195 Å². The van der Waals surface area contributed by atoms with Crippen LogP contribution in [0.1, 0.15) is 26.7 Å². The third kappa shape index (κ3) is 5.77. The molecule has 11 heteroatoms. The number of hydrogen-bond acceptors (Lipinski definition) is 6. The number of rotatable bonds is 7. The summed E-state index contributed by atoms with van der Waals surface area (Å²) in [5.41, 5.74) is 0.397. The molecule has 0 atom stereocenters. The fourth-order valence-electron chi connectivity index (χ4n) is 4.15. The summed E-state index contributed by atoms with van der Waals surface area (Å²) < 4.78 is 38.2. The number of ether oxygens (including phenoxy) is 2. The van der Waals surface area contributed by atoms with E-state index >= 15 is 0 Å². The molecule has 3 amide bonds. The topological polar surface area (TPSA) is 108 Å². The van der Waals surface area contributed by atoms with Crippen molar-refractivity contribution in [2.45, 2.75) is 31.6 Å². The fraction of sp³-hybridized carbons (Fsp3) is 0.636. The van der Waals surface area contributed by atoms with Crippen molar-refractivity contribution in [3.05, 3.63) is 18.2 Å². The largest absolute Gasteiger partial charge is 0.495 e. The first-order valence-corrected chi connectivity index (χ1v) is 12.9. The third-order valence-corrected chi connectivity index (χ3v) is 8.11. The molecule has 1 aromatic carbocycles. The van der Waals surface area contributed by atoms with Gasteiger partial charge in [-0.1, -0.05) is 0 Å². The van der Waals surface area contributed by atoms with Gasteiger partial charge in [0.05, 0.1) is 20.3 Å². The first kappa shape index (κ1) is 25.3. The maximum atomic E-state index is 13.1. The van der Waals surface area contributed by atoms with Crippen LogP contribution in [-0.4, -0.2) is 94.1 Å². The van der Waals surface area contributed by atoms with Crippen molar-refractivity contribution in [1.29, 1.82) is 0 Å². The zero-order valence-electron chi connectivity index (χ0n) is 19.6. The molecule has 10 nitrogen and oxygen atoms in total. The van der Waals surface area contributed by atoms with E-state index in [4.69, 9.17) is 9.47 Å². The molecule has 2 heterocycles. The van der Waals surface area contributed by atoms with Crippen molar-refractivity contribution in [2.75, 3.05) is 64.9 Å². The minimum Gasteiger partial charge on any atom is -0.495 e. The van der Waals surface area contributed by atoms with E-state index in [9.17, 15) is 18.0 Å². The molecule has 2 fully saturated rings. The lowest BCUT2D eigenvalue weighted by Gasteiger charge is -2.34. The van der Waals surface area contributed by atoms with Crippen LogP contribution in [0.3, 0.4) is 0 Å². The highest BCUT2D eigenvalue weighted by molar-refractivity contribution is 7.89. The number of nitrogens with one attached hydrogen (secondary N) is 1. The minimum absolute atomic E-state index is 0.00646. The molecular formula is C22H34N4O6S. The molecule has 2 aliphatic heterocycles. The third-order valence-electron chi connectivity index (χ3n) is 6.19. The number of morpholine rings is 1. The van der Waals surface area contributed by atoms with Crippen LogP contribution in [0.25, 0.3) is 0 Å². The Hall–Kier alpha value is -2.37. The van der Waals surface area contributed by atoms with Crippen molar-refractivity contribution in [1.82, 2.24) is 14.1 Å². The monoisotopic (exact) mass is 482 g/mol. The lowest BCUT2D eigenvalue weighted by molar-refractivity contribution is -0.121. The van der Waals surface area contributed by atoms with Gasteiger partial charge in [0.25, 0.3) is 0 Å². The smallest absolute Gasteiger partial charge is 0.319 e. The highest BCUT2D eigenvalue weighted by Crippen LogP contribution is 2.31. The van der Waals surface area contributed by atoms with Crippen LogP contribution in [0.15, 0.2) is 23.1 Å². The molecule has 3 rings (SSSR count). The Morgan fingerprint density at radius 1 is 1.12 bits per heavy atom. The summed E-state index contributed by atoms with van der Waals surface area (Å²) in [4.78, 5) is 29.0. The maximum absolute atomic E-state index is 13.1. The maximum Gasteiger partial charge on any atom is 0.319 e. The van der Waals surface area contributed by atoms with Gasteiger partial charge in [-0.3, -0.25) is 4.79 Å². The Balaban J connectivity index is 1.67. The number of urea groups is 1. The van der Waals surface area contributed by atoms with Crippen molar-refractivity contribution < 1.29 is 27.5 Å². The number of carbonyl (C=O) groups excluding carboxylic acids is 2. The van der Waals surface area contributed by atoms with Crippen LogP contribution in [-0.2, 0) is 19.6 Å². The highest BCUT2D eigenvalue weighted by atomic mass is 32.2. The Bertz CT molecular complexity index is 936. The van der Waals surface area contributed by atoms with Gasteiger partial charge in [-0.25, -0.2) is 13.2 Å². The summed E-state index contributed by atoms with van der Waals surface area (Å²) in [6, 6.07) is 4.63. The van der Waals surface area contributed by atoms with Crippen molar-refractivity contribution >= 4 is 27.6 Å². The number of amides is 3. The zero-order valence-corrected chi connectivity index (χ0v) is 20.4. The van der Waals surface area contributed by atoms with Gasteiger partial charge < -0.3 is 24.6 Å². The van der Waals surface area contributed by atoms with Crippen molar-refractivity contribution in [2.24, 2.45) is 5.92 Å². The normalized spacial score (nSPS) is 18.1. The van der Waals surface area contributed by atoms with E-state index in [1.54, 1.807) is 21.9 Å². The summed E-state index contributed by atoms with van der Waals surface area (Å²) in [5.74, 6) is -0.195. The van der Waals surface area contributed by atoms with Crippen LogP contribution in [0.5, 0.6) is 5.75 Å². The van der Waals surface area contributed by atoms with Gasteiger partial charge >= 0.3 is 6.03 Å². The molecular weight excluding hydrogens is 448 g/mol. The highest BCUT2D eigenvalue weighted by Gasteiger charge is 2.31. The van der Waals surface area contributed by atoms with Crippen LogP contribution >= 0.6 is 0 Å². The zero-order chi connectivity index (χ0) is 24.0. The van der Waals surface area contributed by atoms with Crippen LogP contribution in [0.2, 0.25) is 0 Å². The average Bonchev–Trinajstić information content (AvgIpc) is 2.85. The van der Waals surface area contributed by atoms with Crippen LogP contribution in [0.4, 0.5) is 10.5 Å². The molecule has 0 saturated carbocycles. The molecule has 0 spiro atoms. The van der Waals surface area contributed by atoms with E-state index in [0.717, 1.165) is 0 Å². The van der Waals surface area contributed by atoms with E-state index in [0.29, 0.717) is 57.9 Å². The van der Waals surface area contributed by atoms with Gasteiger partial charge in [0, 0.05) is 50.9 Å². The second-order valence-electron chi connectivity index (χ2n) is 8.09. The van der Waals surface area contributed by atoms with Gasteiger partial charge in [-0.15, -0.1) is 0 Å². The number of sulfonamides is 1. The standard InChI is InChI=1S/C22H34N4O6S/c1-4-24(5-2)22(28)25-10-8-17(9-11-25)21(27)23-18-6-7-19(31-3)20(16-18)33(29,30)26-12-14-32-15-13-26/h6-7,16-17H,4-5,8-15H2,1-3H3,(H,23,27). The Morgan fingerprint density at radius 3 is 2.33 bits per heavy atom. The molecule has 2 saturated heterocycles. The van der Waals surface area contributed by atoms with E-state index in [-0.39, 0.29) is 41.6 Å². The predicted molar refractivity (Wildman–Crippen MR) is 124 cm³/mol. The number of hydrogen-bond donors (Lipinski definition) is 1. The van der Waals surface area contributed by atoms with Crippen LogP contribution < -0.4 is 10.1 Å². The Morgan fingerprint density at radius 2 is 1.76 bits per heavy atom. The summed E-state index contributed by atoms with van der Waals surface area (Å²) in [6.45, 7) is 7.47. The summed E-state index contributed by atoms with van der Waals surface area (Å²) in [6.07, 6.45) is 1.13.